The van der Waals surface area contributed by atoms with Crippen molar-refractivity contribution in [3.05, 3.63) is 78.4 Å². The molecule has 0 saturated carbocycles. The Morgan fingerprint density at radius 3 is 2.39 bits per heavy atom. The number of fused-ring (bicyclic) bond motifs is 3. The molecule has 1 unspecified atom stereocenters. The van der Waals surface area contributed by atoms with Gasteiger partial charge in [-0.2, -0.15) is 0 Å². The molecule has 1 atom stereocenters. The van der Waals surface area contributed by atoms with E-state index < -0.39 is 0 Å². The molecule has 4 aromatic rings. The summed E-state index contributed by atoms with van der Waals surface area (Å²) in [5.74, 6) is -0.345. The Labute approximate surface area is 162 Å². The van der Waals surface area contributed by atoms with Crippen molar-refractivity contribution in [2.24, 2.45) is 0 Å². The molecule has 140 valence electrons. The lowest BCUT2D eigenvalue weighted by atomic mass is 10.0. The summed E-state index contributed by atoms with van der Waals surface area (Å²) in [6.45, 7) is 1.45. The van der Waals surface area contributed by atoms with Crippen molar-refractivity contribution in [3.63, 3.8) is 0 Å². The van der Waals surface area contributed by atoms with Crippen molar-refractivity contribution in [2.45, 2.75) is 19.4 Å². The number of amides is 2. The van der Waals surface area contributed by atoms with E-state index in [4.69, 9.17) is 4.42 Å². The number of carbonyl (C=O) groups excluding carboxylic acids is 2. The molecule has 0 aliphatic carbocycles. The fourth-order valence-corrected chi connectivity index (χ4v) is 3.38. The van der Waals surface area contributed by atoms with E-state index in [-0.39, 0.29) is 24.3 Å². The maximum atomic E-state index is 12.6. The van der Waals surface area contributed by atoms with Gasteiger partial charge in [0.05, 0.1) is 12.5 Å². The number of carbonyl (C=O) groups is 2. The van der Waals surface area contributed by atoms with Crippen LogP contribution in [0.5, 0.6) is 0 Å². The lowest BCUT2D eigenvalue weighted by Gasteiger charge is -2.18. The van der Waals surface area contributed by atoms with Crippen LogP contribution >= 0.6 is 0 Å². The zero-order valence-electron chi connectivity index (χ0n) is 15.4. The van der Waals surface area contributed by atoms with Gasteiger partial charge in [0.15, 0.2) is 0 Å². The molecule has 2 N–H and O–H groups in total. The number of anilines is 1. The zero-order valence-corrected chi connectivity index (χ0v) is 15.4. The third kappa shape index (κ3) is 3.74. The normalized spacial score (nSPS) is 12.0. The molecule has 5 nitrogen and oxygen atoms in total. The van der Waals surface area contributed by atoms with Gasteiger partial charge < -0.3 is 15.1 Å². The van der Waals surface area contributed by atoms with Gasteiger partial charge in [-0.15, -0.1) is 0 Å². The van der Waals surface area contributed by atoms with E-state index in [9.17, 15) is 9.59 Å². The van der Waals surface area contributed by atoms with Gasteiger partial charge >= 0.3 is 0 Å². The molecule has 0 spiro atoms. The van der Waals surface area contributed by atoms with Crippen molar-refractivity contribution in [2.75, 3.05) is 5.32 Å². The first-order chi connectivity index (χ1) is 13.6. The predicted molar refractivity (Wildman–Crippen MR) is 110 cm³/mol. The van der Waals surface area contributed by atoms with Crippen LogP contribution in [-0.2, 0) is 9.59 Å². The highest BCUT2D eigenvalue weighted by Gasteiger charge is 2.17. The van der Waals surface area contributed by atoms with E-state index in [0.29, 0.717) is 5.69 Å². The molecule has 0 fully saturated rings. The molecular formula is C23H20N2O3. The average Bonchev–Trinajstić information content (AvgIpc) is 3.06. The molecule has 5 heteroatoms. The Bertz CT molecular complexity index is 1150. The Morgan fingerprint density at radius 2 is 1.61 bits per heavy atom. The minimum absolute atomic E-state index is 0.147. The second-order valence-electron chi connectivity index (χ2n) is 6.73. The maximum Gasteiger partial charge on any atom is 0.226 e. The molecule has 0 aliphatic rings. The number of rotatable bonds is 5. The van der Waals surface area contributed by atoms with Crippen molar-refractivity contribution in [1.29, 1.82) is 0 Å². The first kappa shape index (κ1) is 17.8. The van der Waals surface area contributed by atoms with Crippen LogP contribution in [0.2, 0.25) is 0 Å². The highest BCUT2D eigenvalue weighted by atomic mass is 16.3. The molecule has 0 radical (unpaired) electrons. The molecule has 1 heterocycles. The third-order valence-corrected chi connectivity index (χ3v) is 4.63. The van der Waals surface area contributed by atoms with Crippen LogP contribution in [0.3, 0.4) is 0 Å². The van der Waals surface area contributed by atoms with Gasteiger partial charge in [0.2, 0.25) is 11.8 Å². The highest BCUT2D eigenvalue weighted by molar-refractivity contribution is 6.07. The molecule has 4 rings (SSSR count). The van der Waals surface area contributed by atoms with Crippen LogP contribution in [0.25, 0.3) is 21.9 Å². The predicted octanol–water partition coefficient (Wildman–Crippen LogP) is 4.79. The number of nitrogens with one attached hydrogen (secondary N) is 2. The van der Waals surface area contributed by atoms with Crippen LogP contribution in [0.4, 0.5) is 5.69 Å². The first-order valence-electron chi connectivity index (χ1n) is 9.13. The van der Waals surface area contributed by atoms with Gasteiger partial charge in [-0.05, 0) is 29.8 Å². The van der Waals surface area contributed by atoms with E-state index in [1.165, 1.54) is 6.92 Å². The molecule has 2 amide bonds. The highest BCUT2D eigenvalue weighted by Crippen LogP contribution is 2.30. The lowest BCUT2D eigenvalue weighted by molar-refractivity contribution is -0.120. The quantitative estimate of drug-likeness (QED) is 0.529. The van der Waals surface area contributed by atoms with Crippen LogP contribution < -0.4 is 10.6 Å². The third-order valence-electron chi connectivity index (χ3n) is 4.63. The van der Waals surface area contributed by atoms with Crippen molar-refractivity contribution >= 4 is 39.4 Å². The van der Waals surface area contributed by atoms with Crippen LogP contribution in [0.15, 0.2) is 77.2 Å². The fraction of sp³-hybridized carbons (Fsp3) is 0.130. The summed E-state index contributed by atoms with van der Waals surface area (Å²) in [5.41, 5.74) is 3.18. The minimum Gasteiger partial charge on any atom is -0.456 e. The van der Waals surface area contributed by atoms with E-state index >= 15 is 0 Å². The number of benzene rings is 3. The largest absolute Gasteiger partial charge is 0.456 e. The second-order valence-corrected chi connectivity index (χ2v) is 6.73. The average molecular weight is 372 g/mol. The SMILES string of the molecule is CC(=O)NC(CC(=O)Nc1ccc2oc3ccccc3c2c1)c1ccccc1. The molecule has 0 bridgehead atoms. The molecule has 0 aliphatic heterocycles. The van der Waals surface area contributed by atoms with Crippen LogP contribution in [0, 0.1) is 0 Å². The monoisotopic (exact) mass is 372 g/mol. The van der Waals surface area contributed by atoms with Crippen molar-refractivity contribution in [3.8, 4) is 0 Å². The Balaban J connectivity index is 1.55. The van der Waals surface area contributed by atoms with Gasteiger partial charge in [-0.3, -0.25) is 9.59 Å². The van der Waals surface area contributed by atoms with E-state index in [1.54, 1.807) is 0 Å². The van der Waals surface area contributed by atoms with Gasteiger partial charge in [-0.25, -0.2) is 0 Å². The minimum atomic E-state index is -0.378. The number of para-hydroxylation sites is 1. The standard InChI is InChI=1S/C23H20N2O3/c1-15(26)24-20(16-7-3-2-4-8-16)14-23(27)25-17-11-12-22-19(13-17)18-9-5-6-10-21(18)28-22/h2-13,20H,14H2,1H3,(H,24,26)(H,25,27). The number of furan rings is 1. The number of hydrogen-bond donors (Lipinski definition) is 2. The number of hydrogen-bond acceptors (Lipinski definition) is 3. The summed E-state index contributed by atoms with van der Waals surface area (Å²) in [6.07, 6.45) is 0.147. The van der Waals surface area contributed by atoms with E-state index in [0.717, 1.165) is 27.5 Å². The summed E-state index contributed by atoms with van der Waals surface area (Å²) < 4.78 is 5.82. The molecular weight excluding hydrogens is 352 g/mol. The summed E-state index contributed by atoms with van der Waals surface area (Å²) in [5, 5.41) is 7.74. The summed E-state index contributed by atoms with van der Waals surface area (Å²) >= 11 is 0. The Morgan fingerprint density at radius 1 is 0.893 bits per heavy atom. The lowest BCUT2D eigenvalue weighted by Crippen LogP contribution is -2.29. The molecule has 1 aromatic heterocycles. The van der Waals surface area contributed by atoms with Gasteiger partial charge in [-0.1, -0.05) is 48.5 Å². The van der Waals surface area contributed by atoms with Crippen molar-refractivity contribution in [1.82, 2.24) is 5.32 Å². The molecule has 0 saturated heterocycles. The zero-order chi connectivity index (χ0) is 19.5. The Hall–Kier alpha value is -3.60. The van der Waals surface area contributed by atoms with Crippen LogP contribution in [-0.4, -0.2) is 11.8 Å². The fourth-order valence-electron chi connectivity index (χ4n) is 3.38. The second kappa shape index (κ2) is 7.56. The Kier molecular flexibility index (Phi) is 4.81. The summed E-state index contributed by atoms with van der Waals surface area (Å²) in [6, 6.07) is 22.5. The van der Waals surface area contributed by atoms with E-state index in [1.807, 2.05) is 72.8 Å². The van der Waals surface area contributed by atoms with Crippen molar-refractivity contribution < 1.29 is 14.0 Å². The molecule has 3 aromatic carbocycles. The van der Waals surface area contributed by atoms with E-state index in [2.05, 4.69) is 10.6 Å². The summed E-state index contributed by atoms with van der Waals surface area (Å²) in [7, 11) is 0. The maximum absolute atomic E-state index is 12.6. The smallest absolute Gasteiger partial charge is 0.226 e. The van der Waals surface area contributed by atoms with Gasteiger partial charge in [0.1, 0.15) is 11.2 Å². The van der Waals surface area contributed by atoms with Gasteiger partial charge in [0, 0.05) is 23.4 Å². The topological polar surface area (TPSA) is 71.3 Å². The van der Waals surface area contributed by atoms with Gasteiger partial charge in [0.25, 0.3) is 0 Å². The van der Waals surface area contributed by atoms with Crippen LogP contribution in [0.1, 0.15) is 24.9 Å². The summed E-state index contributed by atoms with van der Waals surface area (Å²) in [4.78, 5) is 24.2. The molecule has 28 heavy (non-hydrogen) atoms. The first-order valence-corrected chi connectivity index (χ1v) is 9.13.